The van der Waals surface area contributed by atoms with Crippen LogP contribution in [0.25, 0.3) is 5.57 Å². The Morgan fingerprint density at radius 3 is 2.59 bits per heavy atom. The molecule has 2 aromatic carbocycles. The van der Waals surface area contributed by atoms with Gasteiger partial charge in [0.25, 0.3) is 11.8 Å². The first-order valence-electron chi connectivity index (χ1n) is 16.0. The van der Waals surface area contributed by atoms with E-state index < -0.39 is 60.4 Å². The number of allylic oxidation sites excluding steroid dienone is 4. The molecule has 1 N–H and O–H groups in total. The third kappa shape index (κ3) is 6.70. The predicted octanol–water partition coefficient (Wildman–Crippen LogP) is 7.15. The predicted molar refractivity (Wildman–Crippen MR) is 179 cm³/mol. The van der Waals surface area contributed by atoms with E-state index in [1.165, 1.54) is 41.4 Å². The molecule has 49 heavy (non-hydrogen) atoms. The average molecular weight is 688 g/mol. The molecular weight excluding hydrogens is 655 g/mol. The summed E-state index contributed by atoms with van der Waals surface area (Å²) in [6, 6.07) is 11.8. The molecule has 1 saturated heterocycles. The minimum atomic E-state index is -2.93. The summed E-state index contributed by atoms with van der Waals surface area (Å²) in [6.07, 6.45) is 5.94. The number of carbonyl (C=O) groups is 3. The van der Waals surface area contributed by atoms with Crippen molar-refractivity contribution < 1.29 is 27.6 Å². The molecule has 12 heteroatoms. The van der Waals surface area contributed by atoms with E-state index in [2.05, 4.69) is 10.3 Å². The Kier molecular flexibility index (Phi) is 9.36. The lowest BCUT2D eigenvalue weighted by Gasteiger charge is -2.39. The van der Waals surface area contributed by atoms with Crippen molar-refractivity contribution in [2.24, 2.45) is 11.8 Å². The van der Waals surface area contributed by atoms with Crippen LogP contribution in [0, 0.1) is 29.0 Å². The van der Waals surface area contributed by atoms with Crippen LogP contribution in [0.15, 0.2) is 79.0 Å². The lowest BCUT2D eigenvalue weighted by molar-refractivity contribution is -0.133. The number of aromatic nitrogens is 1. The summed E-state index contributed by atoms with van der Waals surface area (Å²) in [7, 11) is 0. The maximum atomic E-state index is 16.2. The molecule has 2 heterocycles. The molecule has 1 aromatic heterocycles. The summed E-state index contributed by atoms with van der Waals surface area (Å²) < 4.78 is 43.8. The molecule has 3 amide bonds. The number of hydrogen-bond donors (Lipinski definition) is 1. The zero-order chi connectivity index (χ0) is 35.0. The first-order valence-corrected chi connectivity index (χ1v) is 16.4. The maximum Gasteiger partial charge on any atom is 0.252 e. The smallest absolute Gasteiger partial charge is 0.252 e. The average Bonchev–Trinajstić information content (AvgIpc) is 3.45. The first-order chi connectivity index (χ1) is 23.4. The fourth-order valence-electron chi connectivity index (χ4n) is 6.69. The van der Waals surface area contributed by atoms with Crippen LogP contribution < -0.4 is 15.1 Å². The number of anilines is 2. The van der Waals surface area contributed by atoms with Crippen molar-refractivity contribution in [3.8, 4) is 6.07 Å². The van der Waals surface area contributed by atoms with Gasteiger partial charge in [-0.1, -0.05) is 61.9 Å². The summed E-state index contributed by atoms with van der Waals surface area (Å²) in [4.78, 5) is 48.8. The summed E-state index contributed by atoms with van der Waals surface area (Å²) in [5, 5.41) is 12.2. The van der Waals surface area contributed by atoms with Crippen molar-refractivity contribution in [3.63, 3.8) is 0 Å². The molecule has 0 spiro atoms. The molecule has 3 aliphatic rings. The molecule has 4 unspecified atom stereocenters. The Labute approximate surface area is 286 Å². The number of nitrogens with zero attached hydrogens (tertiary/aromatic N) is 4. The molecule has 6 rings (SSSR count). The molecule has 3 aromatic rings. The Bertz CT molecular complexity index is 1920. The van der Waals surface area contributed by atoms with Crippen molar-refractivity contribution in [2.75, 3.05) is 9.80 Å². The molecule has 252 valence electrons. The normalized spacial score (nSPS) is 22.1. The second-order valence-corrected chi connectivity index (χ2v) is 13.2. The Balaban J connectivity index is 1.48. The number of benzene rings is 2. The third-order valence-electron chi connectivity index (χ3n) is 9.51. The molecular formula is C37H33ClF3N5O3. The van der Waals surface area contributed by atoms with Gasteiger partial charge in [0.2, 0.25) is 11.8 Å². The summed E-state index contributed by atoms with van der Waals surface area (Å²) >= 11 is 6.63. The van der Waals surface area contributed by atoms with E-state index in [-0.39, 0.29) is 52.3 Å². The maximum absolute atomic E-state index is 16.2. The number of halogens is 4. The minimum absolute atomic E-state index is 0.0000695. The van der Waals surface area contributed by atoms with Crippen molar-refractivity contribution in [3.05, 3.63) is 107 Å². The number of carbonyl (C=O) groups excluding carboxylic acids is 3. The monoisotopic (exact) mass is 687 g/mol. The Morgan fingerprint density at radius 1 is 1.14 bits per heavy atom. The SMILES string of the molecule is CC1C=CC=C(c2ccc(N(C(=O)C3CCC(=O)N3c3cc(C#N)ccn3)C(C(=O)NC3CC(F)(F)C3)c3ccccc3Cl)cc2F)C1C. The van der Waals surface area contributed by atoms with Gasteiger partial charge in [-0.15, -0.1) is 0 Å². The highest BCUT2D eigenvalue weighted by Gasteiger charge is 2.48. The lowest BCUT2D eigenvalue weighted by Crippen LogP contribution is -2.56. The molecule has 2 fully saturated rings. The van der Waals surface area contributed by atoms with Crippen LogP contribution in [0.1, 0.15) is 62.3 Å². The van der Waals surface area contributed by atoms with Crippen molar-refractivity contribution in [2.45, 2.75) is 63.6 Å². The number of hydrogen-bond acceptors (Lipinski definition) is 5. The fraction of sp³-hybridized carbons (Fsp3) is 0.324. The second kappa shape index (κ2) is 13.5. The molecule has 4 atom stereocenters. The molecule has 8 nitrogen and oxygen atoms in total. The van der Waals surface area contributed by atoms with E-state index >= 15 is 4.39 Å². The summed E-state index contributed by atoms with van der Waals surface area (Å²) in [5.74, 6) is -5.33. The quantitative estimate of drug-likeness (QED) is 0.271. The zero-order valence-corrected chi connectivity index (χ0v) is 27.5. The number of rotatable bonds is 8. The molecule has 1 aliphatic heterocycles. The summed E-state index contributed by atoms with van der Waals surface area (Å²) in [5.41, 5.74) is 1.47. The van der Waals surface area contributed by atoms with Gasteiger partial charge in [0.1, 0.15) is 23.7 Å². The number of alkyl halides is 2. The van der Waals surface area contributed by atoms with E-state index in [1.54, 1.807) is 18.2 Å². The fourth-order valence-corrected chi connectivity index (χ4v) is 6.92. The molecule has 0 bridgehead atoms. The van der Waals surface area contributed by atoms with Gasteiger partial charge >= 0.3 is 0 Å². The number of amides is 3. The van der Waals surface area contributed by atoms with Gasteiger partial charge in [0.05, 0.1) is 11.6 Å². The third-order valence-corrected chi connectivity index (χ3v) is 9.85. The van der Waals surface area contributed by atoms with Gasteiger partial charge in [-0.05, 0) is 60.2 Å². The molecule has 2 aliphatic carbocycles. The van der Waals surface area contributed by atoms with E-state index in [0.29, 0.717) is 5.56 Å². The van der Waals surface area contributed by atoms with E-state index in [0.717, 1.165) is 16.5 Å². The van der Waals surface area contributed by atoms with Gasteiger partial charge in [0.15, 0.2) is 0 Å². The summed E-state index contributed by atoms with van der Waals surface area (Å²) in [6.45, 7) is 4.02. The van der Waals surface area contributed by atoms with Crippen LogP contribution in [0.5, 0.6) is 0 Å². The standard InChI is InChI=1S/C37H33ClF3N5O3/c1-21-6-5-8-26(22(21)2)27-11-10-25(17-30(27)39)45(36(49)31-12-13-33(47)46(31)32-16-23(20-42)14-15-43-32)34(28-7-3-4-9-29(28)38)35(48)44-24-18-37(40,41)19-24/h3-11,14-17,21-22,24,31,34H,12-13,18-19H2,1-2H3,(H,44,48). The van der Waals surface area contributed by atoms with Crippen LogP contribution in [0.3, 0.4) is 0 Å². The zero-order valence-electron chi connectivity index (χ0n) is 26.7. The van der Waals surface area contributed by atoms with Crippen LogP contribution >= 0.6 is 11.6 Å². The number of nitriles is 1. The molecule has 1 saturated carbocycles. The van der Waals surface area contributed by atoms with Crippen molar-refractivity contribution in [1.82, 2.24) is 10.3 Å². The second-order valence-electron chi connectivity index (χ2n) is 12.8. The minimum Gasteiger partial charge on any atom is -0.351 e. The Hall–Kier alpha value is -4.95. The van der Waals surface area contributed by atoms with E-state index in [9.17, 15) is 28.4 Å². The highest BCUT2D eigenvalue weighted by atomic mass is 35.5. The van der Waals surface area contributed by atoms with Crippen LogP contribution in [0.4, 0.5) is 24.7 Å². The van der Waals surface area contributed by atoms with Crippen LogP contribution in [-0.2, 0) is 14.4 Å². The molecule has 0 radical (unpaired) electrons. The van der Waals surface area contributed by atoms with E-state index in [4.69, 9.17) is 11.6 Å². The Morgan fingerprint density at radius 2 is 1.90 bits per heavy atom. The van der Waals surface area contributed by atoms with Gasteiger partial charge in [-0.2, -0.15) is 5.26 Å². The lowest BCUT2D eigenvalue weighted by atomic mass is 9.81. The highest BCUT2D eigenvalue weighted by molar-refractivity contribution is 6.31. The van der Waals surface area contributed by atoms with Crippen molar-refractivity contribution >= 4 is 46.4 Å². The van der Waals surface area contributed by atoms with Gasteiger partial charge in [-0.3, -0.25) is 24.2 Å². The topological polar surface area (TPSA) is 106 Å². The van der Waals surface area contributed by atoms with Crippen molar-refractivity contribution in [1.29, 1.82) is 5.26 Å². The van der Waals surface area contributed by atoms with Gasteiger partial charge in [-0.25, -0.2) is 18.2 Å². The van der Waals surface area contributed by atoms with Crippen LogP contribution in [0.2, 0.25) is 5.02 Å². The number of nitrogens with one attached hydrogen (secondary N) is 1. The highest BCUT2D eigenvalue weighted by Crippen LogP contribution is 2.41. The first kappa shape index (κ1) is 33.9. The largest absolute Gasteiger partial charge is 0.351 e. The number of pyridine rings is 1. The van der Waals surface area contributed by atoms with Gasteiger partial charge < -0.3 is 5.32 Å². The van der Waals surface area contributed by atoms with Gasteiger partial charge in [0, 0.05) is 53.3 Å². The van der Waals surface area contributed by atoms with E-state index in [1.807, 2.05) is 38.1 Å². The van der Waals surface area contributed by atoms with Crippen LogP contribution in [-0.4, -0.2) is 40.7 Å².